The fourth-order valence-electron chi connectivity index (χ4n) is 3.61. The van der Waals surface area contributed by atoms with E-state index in [0.29, 0.717) is 27.8 Å². The van der Waals surface area contributed by atoms with Gasteiger partial charge in [-0.2, -0.15) is 0 Å². The number of rotatable bonds is 12. The van der Waals surface area contributed by atoms with Crippen LogP contribution in [0.1, 0.15) is 57.6 Å². The molecule has 0 saturated carbocycles. The van der Waals surface area contributed by atoms with E-state index in [0.717, 1.165) is 29.0 Å². The van der Waals surface area contributed by atoms with Crippen LogP contribution in [0.25, 0.3) is 0 Å². The van der Waals surface area contributed by atoms with Gasteiger partial charge in [0.05, 0.1) is 11.9 Å². The van der Waals surface area contributed by atoms with Crippen molar-refractivity contribution < 1.29 is 18.0 Å². The molecule has 198 valence electrons. The zero-order valence-corrected chi connectivity index (χ0v) is 23.8. The Morgan fingerprint density at radius 3 is 2.08 bits per heavy atom. The predicted molar refractivity (Wildman–Crippen MR) is 147 cm³/mol. The van der Waals surface area contributed by atoms with E-state index in [9.17, 15) is 18.0 Å². The van der Waals surface area contributed by atoms with Gasteiger partial charge in [-0.25, -0.2) is 8.42 Å². The van der Waals surface area contributed by atoms with Gasteiger partial charge in [0.2, 0.25) is 21.8 Å². The molecule has 0 fully saturated rings. The van der Waals surface area contributed by atoms with Gasteiger partial charge in [-0.05, 0) is 49.1 Å². The SMILES string of the molecule is CCCCNC(=O)[C@H](C)N(Cc1c(Cl)cccc1Cl)C(=O)CN(c1ccc(C(C)C)cc1)S(C)(=O)=O. The molecule has 0 aliphatic heterocycles. The van der Waals surface area contributed by atoms with Gasteiger partial charge in [0.25, 0.3) is 0 Å². The molecule has 0 unspecified atom stereocenters. The Bertz CT molecular complexity index is 1130. The summed E-state index contributed by atoms with van der Waals surface area (Å²) in [6.45, 7) is 7.64. The lowest BCUT2D eigenvalue weighted by Gasteiger charge is -2.32. The Morgan fingerprint density at radius 1 is 1.00 bits per heavy atom. The molecule has 0 aliphatic carbocycles. The molecular weight excluding hydrogens is 521 g/mol. The van der Waals surface area contributed by atoms with E-state index in [4.69, 9.17) is 23.2 Å². The Morgan fingerprint density at radius 2 is 1.58 bits per heavy atom. The van der Waals surface area contributed by atoms with E-state index in [1.54, 1.807) is 37.3 Å². The number of sulfonamides is 1. The van der Waals surface area contributed by atoms with Crippen molar-refractivity contribution in [2.75, 3.05) is 23.7 Å². The molecule has 0 bridgehead atoms. The van der Waals surface area contributed by atoms with Crippen molar-refractivity contribution >= 4 is 50.7 Å². The molecule has 2 rings (SSSR count). The maximum Gasteiger partial charge on any atom is 0.244 e. The average molecular weight is 557 g/mol. The number of carbonyl (C=O) groups is 2. The largest absolute Gasteiger partial charge is 0.354 e. The van der Waals surface area contributed by atoms with Gasteiger partial charge in [0.1, 0.15) is 12.6 Å². The smallest absolute Gasteiger partial charge is 0.244 e. The fourth-order valence-corrected chi connectivity index (χ4v) is 4.98. The standard InChI is InChI=1S/C26H35Cl2N3O4S/c1-6-7-15-29-26(33)19(4)30(16-22-23(27)9-8-10-24(22)28)25(32)17-31(36(5,34)35)21-13-11-20(12-14-21)18(2)3/h8-14,18-19H,6-7,15-17H2,1-5H3,(H,29,33)/t19-/m0/s1. The first-order valence-corrected chi connectivity index (χ1v) is 14.5. The molecule has 10 heteroatoms. The minimum Gasteiger partial charge on any atom is -0.354 e. The summed E-state index contributed by atoms with van der Waals surface area (Å²) in [7, 11) is -3.80. The summed E-state index contributed by atoms with van der Waals surface area (Å²) < 4.78 is 26.4. The second-order valence-corrected chi connectivity index (χ2v) is 11.8. The summed E-state index contributed by atoms with van der Waals surface area (Å²) in [5.74, 6) is -0.620. The molecule has 2 amide bonds. The lowest BCUT2D eigenvalue weighted by atomic mass is 10.0. The topological polar surface area (TPSA) is 86.8 Å². The van der Waals surface area contributed by atoms with Crippen molar-refractivity contribution in [3.05, 3.63) is 63.6 Å². The van der Waals surface area contributed by atoms with Crippen LogP contribution in [0, 0.1) is 0 Å². The number of amides is 2. The van der Waals surface area contributed by atoms with Crippen molar-refractivity contribution in [2.24, 2.45) is 0 Å². The molecule has 1 atom stereocenters. The number of nitrogens with one attached hydrogen (secondary N) is 1. The third-order valence-corrected chi connectivity index (χ3v) is 7.76. The van der Waals surface area contributed by atoms with Crippen LogP contribution >= 0.6 is 23.2 Å². The van der Waals surface area contributed by atoms with Crippen LogP contribution in [-0.4, -0.2) is 50.5 Å². The summed E-state index contributed by atoms with van der Waals surface area (Å²) in [6, 6.07) is 11.1. The van der Waals surface area contributed by atoms with Gasteiger partial charge in [-0.3, -0.25) is 13.9 Å². The van der Waals surface area contributed by atoms with Crippen LogP contribution < -0.4 is 9.62 Å². The number of benzene rings is 2. The van der Waals surface area contributed by atoms with Crippen LogP contribution in [0.4, 0.5) is 5.69 Å². The molecule has 0 aromatic heterocycles. The Balaban J connectivity index is 2.41. The molecule has 1 N–H and O–H groups in total. The van der Waals surface area contributed by atoms with E-state index in [1.165, 1.54) is 4.90 Å². The third-order valence-electron chi connectivity index (χ3n) is 5.91. The highest BCUT2D eigenvalue weighted by molar-refractivity contribution is 7.92. The second kappa shape index (κ2) is 13.3. The third kappa shape index (κ3) is 8.11. The highest BCUT2D eigenvalue weighted by Crippen LogP contribution is 2.27. The first-order chi connectivity index (χ1) is 16.9. The van der Waals surface area contributed by atoms with E-state index in [1.807, 2.05) is 32.9 Å². The zero-order chi connectivity index (χ0) is 27.0. The maximum atomic E-state index is 13.6. The number of hydrogen-bond donors (Lipinski definition) is 1. The Hall–Kier alpha value is -2.29. The monoisotopic (exact) mass is 555 g/mol. The molecule has 0 radical (unpaired) electrons. The number of anilines is 1. The minimum atomic E-state index is -3.80. The summed E-state index contributed by atoms with van der Waals surface area (Å²) >= 11 is 12.7. The quantitative estimate of drug-likeness (QED) is 0.364. The highest BCUT2D eigenvalue weighted by Gasteiger charge is 2.31. The minimum absolute atomic E-state index is 0.0520. The molecule has 0 aliphatic rings. The zero-order valence-electron chi connectivity index (χ0n) is 21.4. The molecule has 36 heavy (non-hydrogen) atoms. The Labute approximate surface area is 224 Å². The van der Waals surface area contributed by atoms with E-state index >= 15 is 0 Å². The van der Waals surface area contributed by atoms with Gasteiger partial charge in [0.15, 0.2) is 0 Å². The van der Waals surface area contributed by atoms with Gasteiger partial charge < -0.3 is 10.2 Å². The van der Waals surface area contributed by atoms with E-state index in [-0.39, 0.29) is 18.4 Å². The highest BCUT2D eigenvalue weighted by atomic mass is 35.5. The lowest BCUT2D eigenvalue weighted by molar-refractivity contribution is -0.139. The summed E-state index contributed by atoms with van der Waals surface area (Å²) in [5.41, 5.74) is 1.89. The molecule has 0 saturated heterocycles. The molecular formula is C26H35Cl2N3O4S. The van der Waals surface area contributed by atoms with E-state index < -0.39 is 28.5 Å². The molecule has 2 aromatic rings. The average Bonchev–Trinajstić information content (AvgIpc) is 2.81. The molecule has 0 spiro atoms. The van der Waals surface area contributed by atoms with Crippen molar-refractivity contribution in [3.8, 4) is 0 Å². The van der Waals surface area contributed by atoms with Gasteiger partial charge in [-0.15, -0.1) is 0 Å². The number of halogens is 2. The first-order valence-electron chi connectivity index (χ1n) is 11.9. The molecule has 7 nitrogen and oxygen atoms in total. The van der Waals surface area contributed by atoms with Gasteiger partial charge >= 0.3 is 0 Å². The van der Waals surface area contributed by atoms with Crippen molar-refractivity contribution in [3.63, 3.8) is 0 Å². The summed E-state index contributed by atoms with van der Waals surface area (Å²) in [5, 5.41) is 3.54. The number of nitrogens with zero attached hydrogens (tertiary/aromatic N) is 2. The fraction of sp³-hybridized carbons (Fsp3) is 0.462. The second-order valence-electron chi connectivity index (χ2n) is 9.06. The van der Waals surface area contributed by atoms with Crippen molar-refractivity contribution in [1.29, 1.82) is 0 Å². The number of hydrogen-bond acceptors (Lipinski definition) is 4. The number of unbranched alkanes of at least 4 members (excludes halogenated alkanes) is 1. The van der Waals surface area contributed by atoms with Crippen molar-refractivity contribution in [1.82, 2.24) is 10.2 Å². The number of carbonyl (C=O) groups excluding carboxylic acids is 2. The summed E-state index contributed by atoms with van der Waals surface area (Å²) in [6.07, 6.45) is 2.76. The first kappa shape index (κ1) is 29.9. The van der Waals surface area contributed by atoms with Crippen LogP contribution in [-0.2, 0) is 26.2 Å². The van der Waals surface area contributed by atoms with Crippen LogP contribution in [0.15, 0.2) is 42.5 Å². The molecule has 0 heterocycles. The molecule has 2 aromatic carbocycles. The maximum absolute atomic E-state index is 13.6. The van der Waals surface area contributed by atoms with E-state index in [2.05, 4.69) is 5.32 Å². The normalized spacial score (nSPS) is 12.3. The Kier molecular flexibility index (Phi) is 11.1. The van der Waals surface area contributed by atoms with Crippen molar-refractivity contribution in [2.45, 2.75) is 59.0 Å². The van der Waals surface area contributed by atoms with Gasteiger partial charge in [-0.1, -0.05) is 68.6 Å². The predicted octanol–water partition coefficient (Wildman–Crippen LogP) is 5.22. The van der Waals surface area contributed by atoms with Crippen LogP contribution in [0.5, 0.6) is 0 Å². The lowest BCUT2D eigenvalue weighted by Crippen LogP contribution is -2.51. The van der Waals surface area contributed by atoms with Crippen LogP contribution in [0.3, 0.4) is 0 Å². The van der Waals surface area contributed by atoms with Gasteiger partial charge in [0, 0.05) is 28.7 Å². The van der Waals surface area contributed by atoms with Crippen LogP contribution in [0.2, 0.25) is 10.0 Å². The summed E-state index contributed by atoms with van der Waals surface area (Å²) in [4.78, 5) is 27.8.